The fraction of sp³-hybridized carbons (Fsp3) is 0.250. The fourth-order valence-electron chi connectivity index (χ4n) is 4.41. The minimum Gasteiger partial charge on any atom is -0.481 e. The Kier molecular flexibility index (Phi) is 4.88. The number of nitrogens with zero attached hydrogens (tertiary/aromatic N) is 2. The molecule has 0 spiro atoms. The number of benzene rings is 2. The highest BCUT2D eigenvalue weighted by Gasteiger charge is 2.48. The van der Waals surface area contributed by atoms with E-state index in [2.05, 4.69) is 22.6 Å². The average Bonchev–Trinajstić information content (AvgIpc) is 3.37. The van der Waals surface area contributed by atoms with Gasteiger partial charge < -0.3 is 19.3 Å². The number of carbonyl (C=O) groups excluding carboxylic acids is 2. The topological polar surface area (TPSA) is 122 Å². The molecule has 1 aromatic heterocycles. The fourth-order valence-corrected chi connectivity index (χ4v) is 4.41. The first-order valence-electron chi connectivity index (χ1n) is 10.5. The van der Waals surface area contributed by atoms with E-state index in [-0.39, 0.29) is 37.2 Å². The SMILES string of the molecule is CC1(C(=O)O)CN(C(=O)c2cc(NC(=O)OCC3c4ccccc4-c4ccccc43)on2)C1. The maximum Gasteiger partial charge on any atom is 0.414 e. The van der Waals surface area contributed by atoms with Gasteiger partial charge in [0.05, 0.1) is 0 Å². The van der Waals surface area contributed by atoms with Crippen LogP contribution < -0.4 is 5.32 Å². The van der Waals surface area contributed by atoms with Crippen molar-refractivity contribution in [3.05, 3.63) is 71.4 Å². The van der Waals surface area contributed by atoms with Gasteiger partial charge >= 0.3 is 12.1 Å². The molecule has 1 aliphatic carbocycles. The summed E-state index contributed by atoms with van der Waals surface area (Å²) in [7, 11) is 0. The first-order chi connectivity index (χ1) is 15.9. The normalized spacial score (nSPS) is 15.8. The van der Waals surface area contributed by atoms with Crippen LogP contribution in [0.5, 0.6) is 0 Å². The van der Waals surface area contributed by atoms with E-state index in [1.165, 1.54) is 11.0 Å². The average molecular weight is 447 g/mol. The largest absolute Gasteiger partial charge is 0.481 e. The Balaban J connectivity index is 1.20. The van der Waals surface area contributed by atoms with Gasteiger partial charge in [-0.2, -0.15) is 0 Å². The molecule has 0 saturated carbocycles. The highest BCUT2D eigenvalue weighted by Crippen LogP contribution is 2.44. The number of fused-ring (bicyclic) bond motifs is 3. The van der Waals surface area contributed by atoms with Gasteiger partial charge in [-0.15, -0.1) is 0 Å². The van der Waals surface area contributed by atoms with Gasteiger partial charge in [-0.3, -0.25) is 14.9 Å². The van der Waals surface area contributed by atoms with Crippen LogP contribution in [0.25, 0.3) is 11.1 Å². The van der Waals surface area contributed by atoms with Crippen LogP contribution in [-0.2, 0) is 9.53 Å². The van der Waals surface area contributed by atoms with Crippen LogP contribution in [0.1, 0.15) is 34.5 Å². The third-order valence-electron chi connectivity index (χ3n) is 6.18. The van der Waals surface area contributed by atoms with Crippen molar-refractivity contribution in [3.63, 3.8) is 0 Å². The lowest BCUT2D eigenvalue weighted by Gasteiger charge is -2.44. The Morgan fingerprint density at radius 3 is 2.33 bits per heavy atom. The van der Waals surface area contributed by atoms with Gasteiger partial charge in [0.2, 0.25) is 5.88 Å². The van der Waals surface area contributed by atoms with Gasteiger partial charge in [-0.1, -0.05) is 53.7 Å². The predicted molar refractivity (Wildman–Crippen MR) is 117 cm³/mol. The van der Waals surface area contributed by atoms with Crippen molar-refractivity contribution >= 4 is 23.9 Å². The lowest BCUT2D eigenvalue weighted by atomic mass is 9.82. The zero-order chi connectivity index (χ0) is 23.2. The summed E-state index contributed by atoms with van der Waals surface area (Å²) >= 11 is 0. The van der Waals surface area contributed by atoms with Gasteiger partial charge in [0.15, 0.2) is 5.69 Å². The maximum absolute atomic E-state index is 12.4. The molecule has 2 heterocycles. The number of aromatic nitrogens is 1. The summed E-state index contributed by atoms with van der Waals surface area (Å²) in [5.41, 5.74) is 3.48. The summed E-state index contributed by atoms with van der Waals surface area (Å²) in [6.45, 7) is 1.89. The number of aliphatic carboxylic acids is 1. The molecule has 5 rings (SSSR count). The molecule has 2 aromatic carbocycles. The molecule has 2 N–H and O–H groups in total. The molecule has 0 bridgehead atoms. The molecular formula is C24H21N3O6. The highest BCUT2D eigenvalue weighted by molar-refractivity contribution is 5.95. The number of likely N-dealkylation sites (tertiary alicyclic amines) is 1. The minimum atomic E-state index is -0.957. The quantitative estimate of drug-likeness (QED) is 0.613. The van der Waals surface area contributed by atoms with Crippen molar-refractivity contribution in [2.45, 2.75) is 12.8 Å². The number of carbonyl (C=O) groups is 3. The van der Waals surface area contributed by atoms with E-state index < -0.39 is 23.4 Å². The Morgan fingerprint density at radius 1 is 1.12 bits per heavy atom. The van der Waals surface area contributed by atoms with Crippen LogP contribution in [0.15, 0.2) is 59.1 Å². The van der Waals surface area contributed by atoms with Gasteiger partial charge in [0.25, 0.3) is 5.91 Å². The molecule has 9 heteroatoms. The van der Waals surface area contributed by atoms with Crippen LogP contribution in [0, 0.1) is 5.41 Å². The molecule has 9 nitrogen and oxygen atoms in total. The van der Waals surface area contributed by atoms with Crippen LogP contribution in [0.3, 0.4) is 0 Å². The molecule has 33 heavy (non-hydrogen) atoms. The van der Waals surface area contributed by atoms with Crippen LogP contribution in [0.2, 0.25) is 0 Å². The summed E-state index contributed by atoms with van der Waals surface area (Å²) < 4.78 is 10.5. The van der Waals surface area contributed by atoms with E-state index in [0.717, 1.165) is 22.3 Å². The summed E-state index contributed by atoms with van der Waals surface area (Å²) in [4.78, 5) is 37.3. The Morgan fingerprint density at radius 2 is 1.73 bits per heavy atom. The number of hydrogen-bond donors (Lipinski definition) is 2. The summed E-state index contributed by atoms with van der Waals surface area (Å²) in [5.74, 6) is -1.52. The summed E-state index contributed by atoms with van der Waals surface area (Å²) in [6, 6.07) is 17.3. The smallest absolute Gasteiger partial charge is 0.414 e. The van der Waals surface area contributed by atoms with Crippen molar-refractivity contribution in [3.8, 4) is 11.1 Å². The molecular weight excluding hydrogens is 426 g/mol. The van der Waals surface area contributed by atoms with Crippen LogP contribution in [-0.4, -0.2) is 52.8 Å². The summed E-state index contributed by atoms with van der Waals surface area (Å²) in [6.07, 6.45) is -0.727. The first kappa shape index (κ1) is 20.7. The van der Waals surface area contributed by atoms with E-state index in [1.54, 1.807) is 6.92 Å². The highest BCUT2D eigenvalue weighted by atomic mass is 16.6. The Labute approximate surface area is 188 Å². The second-order valence-electron chi connectivity index (χ2n) is 8.55. The third kappa shape index (κ3) is 3.61. The Hall–Kier alpha value is -4.14. The molecule has 3 aromatic rings. The Bertz CT molecular complexity index is 1210. The zero-order valence-corrected chi connectivity index (χ0v) is 17.8. The maximum atomic E-state index is 12.4. The standard InChI is InChI=1S/C24H21N3O6/c1-24(22(29)30)12-27(13-24)21(28)19-10-20(33-26-19)25-23(31)32-11-18-16-8-4-2-6-14(16)15-7-3-5-9-17(15)18/h2-10,18H,11-13H2,1H3,(H,25,31)(H,29,30). The van der Waals surface area contributed by atoms with E-state index in [0.29, 0.717) is 0 Å². The van der Waals surface area contributed by atoms with Crippen molar-refractivity contribution in [2.75, 3.05) is 25.0 Å². The molecule has 1 fully saturated rings. The van der Waals surface area contributed by atoms with E-state index in [9.17, 15) is 14.4 Å². The lowest BCUT2D eigenvalue weighted by molar-refractivity contribution is -0.155. The van der Waals surface area contributed by atoms with E-state index in [1.807, 2.05) is 36.4 Å². The molecule has 168 valence electrons. The number of carboxylic acid groups (broad SMARTS) is 1. The molecule has 0 atom stereocenters. The zero-order valence-electron chi connectivity index (χ0n) is 17.8. The van der Waals surface area contributed by atoms with Gasteiger partial charge in [0.1, 0.15) is 12.0 Å². The number of anilines is 1. The molecule has 0 radical (unpaired) electrons. The molecule has 1 saturated heterocycles. The van der Waals surface area contributed by atoms with E-state index in [4.69, 9.17) is 14.4 Å². The van der Waals surface area contributed by atoms with E-state index >= 15 is 0 Å². The van der Waals surface area contributed by atoms with Crippen LogP contribution in [0.4, 0.5) is 10.7 Å². The predicted octanol–water partition coefficient (Wildman–Crippen LogP) is 3.58. The van der Waals surface area contributed by atoms with Crippen molar-refractivity contribution in [1.82, 2.24) is 10.1 Å². The van der Waals surface area contributed by atoms with Gasteiger partial charge in [-0.25, -0.2) is 4.79 Å². The second-order valence-corrected chi connectivity index (χ2v) is 8.55. The number of amides is 2. The monoisotopic (exact) mass is 447 g/mol. The molecule has 1 aliphatic heterocycles. The number of rotatable bonds is 5. The second kappa shape index (κ2) is 7.77. The van der Waals surface area contributed by atoms with Crippen molar-refractivity contribution in [1.29, 1.82) is 0 Å². The van der Waals surface area contributed by atoms with Gasteiger partial charge in [-0.05, 0) is 29.2 Å². The summed E-state index contributed by atoms with van der Waals surface area (Å²) in [5, 5.41) is 15.3. The van der Waals surface area contributed by atoms with Crippen molar-refractivity contribution in [2.24, 2.45) is 5.41 Å². The van der Waals surface area contributed by atoms with Gasteiger partial charge in [0, 0.05) is 25.1 Å². The number of nitrogens with one attached hydrogen (secondary N) is 1. The van der Waals surface area contributed by atoms with Crippen molar-refractivity contribution < 1.29 is 28.8 Å². The third-order valence-corrected chi connectivity index (χ3v) is 6.18. The number of ether oxygens (including phenoxy) is 1. The number of carboxylic acids is 1. The molecule has 0 unspecified atom stereocenters. The lowest BCUT2D eigenvalue weighted by Crippen LogP contribution is -2.60. The van der Waals surface area contributed by atoms with Crippen LogP contribution >= 0.6 is 0 Å². The minimum absolute atomic E-state index is 0.0172. The first-order valence-corrected chi connectivity index (χ1v) is 10.5. The number of hydrogen-bond acceptors (Lipinski definition) is 6. The molecule has 2 aliphatic rings. The molecule has 2 amide bonds.